The lowest BCUT2D eigenvalue weighted by Gasteiger charge is -2.25. The van der Waals surface area contributed by atoms with Gasteiger partial charge in [-0.05, 0) is 30.5 Å². The fourth-order valence-electron chi connectivity index (χ4n) is 3.21. The molecule has 1 fully saturated rings. The molecule has 2 aromatic heterocycles. The summed E-state index contributed by atoms with van der Waals surface area (Å²) in [6.45, 7) is 0.780. The maximum Gasteiger partial charge on any atom is 0.254 e. The molecule has 1 aliphatic heterocycles. The van der Waals surface area contributed by atoms with Crippen molar-refractivity contribution in [3.63, 3.8) is 0 Å². The average molecular weight is 319 g/mol. The Hall–Kier alpha value is -3.02. The van der Waals surface area contributed by atoms with Gasteiger partial charge in [-0.15, -0.1) is 10.2 Å². The van der Waals surface area contributed by atoms with Gasteiger partial charge in [0.25, 0.3) is 5.91 Å². The van der Waals surface area contributed by atoms with Gasteiger partial charge in [-0.25, -0.2) is 4.98 Å². The molecule has 1 aromatic carbocycles. The summed E-state index contributed by atoms with van der Waals surface area (Å²) in [6, 6.07) is 13.9. The Morgan fingerprint density at radius 2 is 1.88 bits per heavy atom. The van der Waals surface area contributed by atoms with Crippen molar-refractivity contribution in [2.24, 2.45) is 0 Å². The van der Waals surface area contributed by atoms with E-state index in [1.807, 2.05) is 23.1 Å². The molecule has 3 heterocycles. The molecule has 120 valence electrons. The topological polar surface area (TPSA) is 63.9 Å². The molecule has 6 nitrogen and oxygen atoms in total. The van der Waals surface area contributed by atoms with Gasteiger partial charge in [-0.3, -0.25) is 9.36 Å². The van der Waals surface area contributed by atoms with Gasteiger partial charge >= 0.3 is 0 Å². The number of likely N-dealkylation sites (tertiary alicyclic amines) is 1. The Balaban J connectivity index is 1.62. The highest BCUT2D eigenvalue weighted by atomic mass is 16.2. The largest absolute Gasteiger partial charge is 0.332 e. The van der Waals surface area contributed by atoms with Crippen LogP contribution in [0.5, 0.6) is 0 Å². The number of amides is 1. The maximum atomic E-state index is 13.0. The Morgan fingerprint density at radius 3 is 2.67 bits per heavy atom. The summed E-state index contributed by atoms with van der Waals surface area (Å²) in [5.74, 6) is 0.680. The third kappa shape index (κ3) is 2.67. The monoisotopic (exact) mass is 319 g/mol. The fourth-order valence-corrected chi connectivity index (χ4v) is 3.21. The average Bonchev–Trinajstić information content (AvgIpc) is 3.34. The quantitative estimate of drug-likeness (QED) is 0.744. The molecule has 6 heteroatoms. The molecule has 0 aliphatic carbocycles. The third-order valence-corrected chi connectivity index (χ3v) is 4.37. The van der Waals surface area contributed by atoms with Crippen molar-refractivity contribution in [2.75, 3.05) is 6.54 Å². The molecule has 0 radical (unpaired) electrons. The van der Waals surface area contributed by atoms with Gasteiger partial charge in [0, 0.05) is 18.3 Å². The molecule has 1 atom stereocenters. The highest BCUT2D eigenvalue weighted by molar-refractivity contribution is 5.95. The number of benzene rings is 1. The zero-order chi connectivity index (χ0) is 16.4. The molecule has 0 saturated carbocycles. The van der Waals surface area contributed by atoms with Crippen LogP contribution in [0.1, 0.15) is 34.8 Å². The minimum atomic E-state index is 0.0399. The summed E-state index contributed by atoms with van der Waals surface area (Å²) >= 11 is 0. The molecule has 0 N–H and O–H groups in total. The molecular formula is C18H17N5O. The summed E-state index contributed by atoms with van der Waals surface area (Å²) in [6.07, 6.45) is 6.81. The predicted octanol–water partition coefficient (Wildman–Crippen LogP) is 2.64. The number of aromatic nitrogens is 4. The van der Waals surface area contributed by atoms with E-state index in [2.05, 4.69) is 27.3 Å². The van der Waals surface area contributed by atoms with Crippen molar-refractivity contribution in [3.05, 3.63) is 72.4 Å². The lowest BCUT2D eigenvalue weighted by Crippen LogP contribution is -2.30. The first-order valence-electron chi connectivity index (χ1n) is 8.00. The Bertz CT molecular complexity index is 832. The first-order chi connectivity index (χ1) is 11.8. The minimum Gasteiger partial charge on any atom is -0.332 e. The smallest absolute Gasteiger partial charge is 0.254 e. The molecule has 0 spiro atoms. The number of carbonyl (C=O) groups excluding carboxylic acids is 1. The SMILES string of the molecule is O=C(c1ccnc(-n2cnnc2)c1)N1CCCC1c1ccccc1. The molecule has 3 aromatic rings. The van der Waals surface area contributed by atoms with Gasteiger partial charge < -0.3 is 4.90 Å². The van der Waals surface area contributed by atoms with E-state index in [4.69, 9.17) is 0 Å². The number of pyridine rings is 1. The van der Waals surface area contributed by atoms with E-state index in [1.165, 1.54) is 5.56 Å². The van der Waals surface area contributed by atoms with Crippen molar-refractivity contribution >= 4 is 5.91 Å². The molecular weight excluding hydrogens is 302 g/mol. The number of carbonyl (C=O) groups is 1. The van der Waals surface area contributed by atoms with Gasteiger partial charge in [0.05, 0.1) is 6.04 Å². The second-order valence-corrected chi connectivity index (χ2v) is 5.84. The number of hydrogen-bond donors (Lipinski definition) is 0. The van der Waals surface area contributed by atoms with Crippen molar-refractivity contribution in [2.45, 2.75) is 18.9 Å². The van der Waals surface area contributed by atoms with E-state index in [1.54, 1.807) is 35.6 Å². The Morgan fingerprint density at radius 1 is 1.08 bits per heavy atom. The lowest BCUT2D eigenvalue weighted by molar-refractivity contribution is 0.0735. The zero-order valence-corrected chi connectivity index (χ0v) is 13.1. The van der Waals surface area contributed by atoms with Crippen LogP contribution in [0.15, 0.2) is 61.3 Å². The van der Waals surface area contributed by atoms with E-state index in [0.717, 1.165) is 19.4 Å². The summed E-state index contributed by atoms with van der Waals surface area (Å²) in [5.41, 5.74) is 1.83. The van der Waals surface area contributed by atoms with Gasteiger partial charge in [-0.1, -0.05) is 30.3 Å². The van der Waals surface area contributed by atoms with Crippen LogP contribution >= 0.6 is 0 Å². The Labute approximate surface area is 139 Å². The zero-order valence-electron chi connectivity index (χ0n) is 13.1. The van der Waals surface area contributed by atoms with Crippen molar-refractivity contribution < 1.29 is 4.79 Å². The lowest BCUT2D eigenvalue weighted by atomic mass is 10.0. The van der Waals surface area contributed by atoms with E-state index in [0.29, 0.717) is 11.4 Å². The molecule has 0 bridgehead atoms. The first kappa shape index (κ1) is 14.6. The molecule has 1 saturated heterocycles. The van der Waals surface area contributed by atoms with Crippen LogP contribution in [0, 0.1) is 0 Å². The van der Waals surface area contributed by atoms with Crippen LogP contribution in [0.2, 0.25) is 0 Å². The minimum absolute atomic E-state index is 0.0399. The summed E-state index contributed by atoms with van der Waals surface area (Å²) in [4.78, 5) is 19.2. The van der Waals surface area contributed by atoms with E-state index >= 15 is 0 Å². The molecule has 4 rings (SSSR count). The third-order valence-electron chi connectivity index (χ3n) is 4.37. The van der Waals surface area contributed by atoms with Gasteiger partial charge in [0.2, 0.25) is 0 Å². The highest BCUT2D eigenvalue weighted by Gasteiger charge is 2.30. The normalized spacial score (nSPS) is 17.2. The summed E-state index contributed by atoms with van der Waals surface area (Å²) < 4.78 is 1.69. The van der Waals surface area contributed by atoms with Gasteiger partial charge in [-0.2, -0.15) is 0 Å². The predicted molar refractivity (Wildman–Crippen MR) is 88.6 cm³/mol. The maximum absolute atomic E-state index is 13.0. The second kappa shape index (κ2) is 6.23. The van der Waals surface area contributed by atoms with Crippen LogP contribution < -0.4 is 0 Å². The summed E-state index contributed by atoms with van der Waals surface area (Å²) in [7, 11) is 0. The van der Waals surface area contributed by atoms with E-state index < -0.39 is 0 Å². The molecule has 1 aliphatic rings. The highest BCUT2D eigenvalue weighted by Crippen LogP contribution is 2.33. The van der Waals surface area contributed by atoms with Crippen LogP contribution in [0.25, 0.3) is 5.82 Å². The van der Waals surface area contributed by atoms with Crippen molar-refractivity contribution in [1.29, 1.82) is 0 Å². The Kier molecular flexibility index (Phi) is 3.78. The number of nitrogens with zero attached hydrogens (tertiary/aromatic N) is 5. The van der Waals surface area contributed by atoms with Crippen LogP contribution in [-0.4, -0.2) is 37.1 Å². The van der Waals surface area contributed by atoms with Gasteiger partial charge in [0.1, 0.15) is 18.5 Å². The van der Waals surface area contributed by atoms with Crippen molar-refractivity contribution in [3.8, 4) is 5.82 Å². The second-order valence-electron chi connectivity index (χ2n) is 5.84. The number of hydrogen-bond acceptors (Lipinski definition) is 4. The summed E-state index contributed by atoms with van der Waals surface area (Å²) in [5, 5.41) is 7.56. The standard InChI is InChI=1S/C18H17N5O/c24-18(15-8-9-19-17(11-15)22-12-20-21-13-22)23-10-4-7-16(23)14-5-2-1-3-6-14/h1-3,5-6,8-9,11-13,16H,4,7,10H2. The van der Waals surface area contributed by atoms with Crippen LogP contribution in [0.4, 0.5) is 0 Å². The van der Waals surface area contributed by atoms with E-state index in [9.17, 15) is 4.79 Å². The fraction of sp³-hybridized carbons (Fsp3) is 0.222. The molecule has 1 amide bonds. The molecule has 1 unspecified atom stereocenters. The molecule has 24 heavy (non-hydrogen) atoms. The van der Waals surface area contributed by atoms with Crippen molar-refractivity contribution in [1.82, 2.24) is 24.6 Å². The van der Waals surface area contributed by atoms with Crippen LogP contribution in [0.3, 0.4) is 0 Å². The first-order valence-corrected chi connectivity index (χ1v) is 8.00. The number of rotatable bonds is 3. The van der Waals surface area contributed by atoms with E-state index in [-0.39, 0.29) is 11.9 Å². The van der Waals surface area contributed by atoms with Crippen LogP contribution in [-0.2, 0) is 0 Å². The van der Waals surface area contributed by atoms with Gasteiger partial charge in [0.15, 0.2) is 0 Å².